The van der Waals surface area contributed by atoms with Gasteiger partial charge in [0, 0.05) is 23.4 Å². The largest absolute Gasteiger partial charge is 0.436 e. The molecule has 0 saturated carbocycles. The van der Waals surface area contributed by atoms with Crippen molar-refractivity contribution in [2.45, 2.75) is 6.92 Å². The highest BCUT2D eigenvalue weighted by Crippen LogP contribution is 2.26. The molecule has 1 N–H and O–H groups in total. The van der Waals surface area contributed by atoms with E-state index in [1.165, 1.54) is 0 Å². The Morgan fingerprint density at radius 3 is 2.85 bits per heavy atom. The smallest absolute Gasteiger partial charge is 0.265 e. The fraction of sp³-hybridized carbons (Fsp3) is 0.143. The zero-order valence-corrected chi connectivity index (χ0v) is 12.5. The van der Waals surface area contributed by atoms with Crippen LogP contribution in [-0.4, -0.2) is 20.9 Å². The monoisotopic (exact) mass is 332 g/mol. The number of imidazole rings is 1. The van der Waals surface area contributed by atoms with Gasteiger partial charge in [-0.2, -0.15) is 4.98 Å². The number of anilines is 1. The molecule has 3 rings (SSSR count). The molecule has 102 valence electrons. The third kappa shape index (κ3) is 2.60. The number of rotatable bonds is 4. The Bertz CT molecular complexity index is 724. The van der Waals surface area contributed by atoms with Gasteiger partial charge >= 0.3 is 0 Å². The molecular formula is C14H13BrN4O. The van der Waals surface area contributed by atoms with Gasteiger partial charge in [-0.3, -0.25) is 4.40 Å². The maximum Gasteiger partial charge on any atom is 0.265 e. The van der Waals surface area contributed by atoms with Crippen molar-refractivity contribution in [1.82, 2.24) is 14.4 Å². The molecule has 0 amide bonds. The molecule has 0 fully saturated rings. The van der Waals surface area contributed by atoms with Crippen molar-refractivity contribution in [3.63, 3.8) is 0 Å². The average Bonchev–Trinajstić information content (AvgIpc) is 2.90. The van der Waals surface area contributed by atoms with E-state index in [1.807, 2.05) is 48.0 Å². The van der Waals surface area contributed by atoms with Crippen LogP contribution in [0, 0.1) is 0 Å². The van der Waals surface area contributed by atoms with Crippen LogP contribution >= 0.6 is 15.9 Å². The van der Waals surface area contributed by atoms with Crippen molar-refractivity contribution < 1.29 is 4.74 Å². The Kier molecular flexibility index (Phi) is 3.56. The minimum absolute atomic E-state index is 0.482. The Labute approximate surface area is 124 Å². The maximum absolute atomic E-state index is 5.84. The quantitative estimate of drug-likeness (QED) is 0.791. The van der Waals surface area contributed by atoms with Crippen molar-refractivity contribution in [1.29, 1.82) is 0 Å². The molecule has 20 heavy (non-hydrogen) atoms. The molecule has 0 spiro atoms. The van der Waals surface area contributed by atoms with Gasteiger partial charge in [0.25, 0.3) is 5.88 Å². The van der Waals surface area contributed by atoms with Crippen molar-refractivity contribution in [2.24, 2.45) is 0 Å². The van der Waals surface area contributed by atoms with Crippen LogP contribution in [-0.2, 0) is 0 Å². The van der Waals surface area contributed by atoms with Gasteiger partial charge in [-0.15, -0.1) is 0 Å². The van der Waals surface area contributed by atoms with Crippen LogP contribution in [0.3, 0.4) is 0 Å². The summed E-state index contributed by atoms with van der Waals surface area (Å²) in [6.07, 6.45) is 5.48. The summed E-state index contributed by atoms with van der Waals surface area (Å²) in [5.74, 6) is 1.96. The molecule has 0 atom stereocenters. The summed E-state index contributed by atoms with van der Waals surface area (Å²) in [5, 5.41) is 3.18. The number of hydrogen-bond donors (Lipinski definition) is 1. The van der Waals surface area contributed by atoms with Gasteiger partial charge in [-0.05, 0) is 31.2 Å². The Hall–Kier alpha value is -2.08. The number of halogens is 1. The first-order valence-electron chi connectivity index (χ1n) is 6.27. The summed E-state index contributed by atoms with van der Waals surface area (Å²) in [4.78, 5) is 8.72. The fourth-order valence-electron chi connectivity index (χ4n) is 1.85. The third-order valence-corrected chi connectivity index (χ3v) is 3.26. The molecule has 3 aromatic rings. The molecule has 0 saturated heterocycles. The van der Waals surface area contributed by atoms with Crippen LogP contribution in [0.25, 0.3) is 5.65 Å². The summed E-state index contributed by atoms with van der Waals surface area (Å²) in [6, 6.07) is 7.61. The van der Waals surface area contributed by atoms with E-state index < -0.39 is 0 Å². The number of fused-ring (bicyclic) bond motifs is 1. The topological polar surface area (TPSA) is 51.5 Å². The molecule has 2 aromatic heterocycles. The van der Waals surface area contributed by atoms with Crippen LogP contribution in [0.5, 0.6) is 11.6 Å². The van der Waals surface area contributed by atoms with Gasteiger partial charge in [0.15, 0.2) is 0 Å². The molecule has 6 heteroatoms. The van der Waals surface area contributed by atoms with Gasteiger partial charge in [0.2, 0.25) is 5.65 Å². The minimum atomic E-state index is 0.482. The number of aromatic nitrogens is 3. The summed E-state index contributed by atoms with van der Waals surface area (Å²) >= 11 is 3.40. The van der Waals surface area contributed by atoms with Gasteiger partial charge in [-0.25, -0.2) is 4.98 Å². The first-order valence-corrected chi connectivity index (χ1v) is 7.06. The molecule has 5 nitrogen and oxygen atoms in total. The second-order valence-corrected chi connectivity index (χ2v) is 5.09. The zero-order valence-electron chi connectivity index (χ0n) is 10.9. The molecule has 0 unspecified atom stereocenters. The number of nitrogens with zero attached hydrogens (tertiary/aromatic N) is 3. The highest BCUT2D eigenvalue weighted by Gasteiger charge is 2.09. The first kappa shape index (κ1) is 12.9. The summed E-state index contributed by atoms with van der Waals surface area (Å²) in [5.41, 5.74) is 0.689. The molecule has 0 aliphatic rings. The molecule has 0 aliphatic carbocycles. The first-order chi connectivity index (χ1) is 9.76. The number of benzene rings is 1. The van der Waals surface area contributed by atoms with E-state index >= 15 is 0 Å². The second kappa shape index (κ2) is 5.50. The lowest BCUT2D eigenvalue weighted by Crippen LogP contribution is -2.03. The van der Waals surface area contributed by atoms with Gasteiger partial charge in [0.05, 0.1) is 6.20 Å². The predicted molar refractivity (Wildman–Crippen MR) is 81.4 cm³/mol. The van der Waals surface area contributed by atoms with Crippen LogP contribution in [0.1, 0.15) is 6.92 Å². The summed E-state index contributed by atoms with van der Waals surface area (Å²) in [7, 11) is 0. The van der Waals surface area contributed by atoms with E-state index in [-0.39, 0.29) is 0 Å². The molecule has 0 aliphatic heterocycles. The average molecular weight is 333 g/mol. The highest BCUT2D eigenvalue weighted by atomic mass is 79.9. The Morgan fingerprint density at radius 1 is 1.30 bits per heavy atom. The lowest BCUT2D eigenvalue weighted by Gasteiger charge is -2.09. The van der Waals surface area contributed by atoms with E-state index in [9.17, 15) is 0 Å². The SMILES string of the molecule is CCNc1cn2ccnc2c(Oc2ccc(Br)cc2)n1. The van der Waals surface area contributed by atoms with Gasteiger partial charge in [-0.1, -0.05) is 15.9 Å². The zero-order chi connectivity index (χ0) is 13.9. The Balaban J connectivity index is 2.00. The number of nitrogens with one attached hydrogen (secondary N) is 1. The fourth-order valence-corrected chi connectivity index (χ4v) is 2.12. The highest BCUT2D eigenvalue weighted by molar-refractivity contribution is 9.10. The lowest BCUT2D eigenvalue weighted by atomic mass is 10.3. The van der Waals surface area contributed by atoms with E-state index in [2.05, 4.69) is 31.2 Å². The van der Waals surface area contributed by atoms with E-state index in [4.69, 9.17) is 4.74 Å². The predicted octanol–water partition coefficient (Wildman–Crippen LogP) is 3.72. The normalized spacial score (nSPS) is 10.7. The van der Waals surface area contributed by atoms with Gasteiger partial charge < -0.3 is 10.1 Å². The molecular weight excluding hydrogens is 320 g/mol. The number of hydrogen-bond acceptors (Lipinski definition) is 4. The summed E-state index contributed by atoms with van der Waals surface area (Å²) < 4.78 is 8.73. The van der Waals surface area contributed by atoms with Crippen molar-refractivity contribution in [2.75, 3.05) is 11.9 Å². The van der Waals surface area contributed by atoms with Crippen molar-refractivity contribution >= 4 is 27.4 Å². The van der Waals surface area contributed by atoms with E-state index in [0.29, 0.717) is 11.5 Å². The standard InChI is InChI=1S/C14H13BrN4O/c1-2-16-12-9-19-8-7-17-13(19)14(18-12)20-11-5-3-10(15)4-6-11/h3-9,16H,2H2,1H3. The Morgan fingerprint density at radius 2 is 2.10 bits per heavy atom. The van der Waals surface area contributed by atoms with Crippen LogP contribution in [0.15, 0.2) is 47.3 Å². The van der Waals surface area contributed by atoms with Crippen molar-refractivity contribution in [3.05, 3.63) is 47.3 Å². The minimum Gasteiger partial charge on any atom is -0.436 e. The van der Waals surface area contributed by atoms with Crippen LogP contribution in [0.4, 0.5) is 5.82 Å². The van der Waals surface area contributed by atoms with Crippen LogP contribution in [0.2, 0.25) is 0 Å². The van der Waals surface area contributed by atoms with Crippen molar-refractivity contribution in [3.8, 4) is 11.6 Å². The maximum atomic E-state index is 5.84. The molecule has 0 bridgehead atoms. The second-order valence-electron chi connectivity index (χ2n) is 4.18. The lowest BCUT2D eigenvalue weighted by molar-refractivity contribution is 0.465. The molecule has 2 heterocycles. The van der Waals surface area contributed by atoms with Crippen LogP contribution < -0.4 is 10.1 Å². The third-order valence-electron chi connectivity index (χ3n) is 2.73. The van der Waals surface area contributed by atoms with E-state index in [0.717, 1.165) is 22.6 Å². The van der Waals surface area contributed by atoms with Gasteiger partial charge in [0.1, 0.15) is 11.6 Å². The molecule has 0 radical (unpaired) electrons. The summed E-state index contributed by atoms with van der Waals surface area (Å²) in [6.45, 7) is 2.82. The number of ether oxygens (including phenoxy) is 1. The molecule has 1 aromatic carbocycles. The van der Waals surface area contributed by atoms with E-state index in [1.54, 1.807) is 6.20 Å².